The van der Waals surface area contributed by atoms with Crippen molar-refractivity contribution in [3.8, 4) is 0 Å². The summed E-state index contributed by atoms with van der Waals surface area (Å²) in [4.78, 5) is 13.0. The van der Waals surface area contributed by atoms with Crippen LogP contribution in [-0.2, 0) is 4.79 Å². The third kappa shape index (κ3) is 3.27. The lowest BCUT2D eigenvalue weighted by Gasteiger charge is -2.36. The van der Waals surface area contributed by atoms with E-state index in [4.69, 9.17) is 5.11 Å². The molecule has 0 radical (unpaired) electrons. The molecule has 0 aromatic rings. The summed E-state index contributed by atoms with van der Waals surface area (Å²) in [7, 11) is 0. The molecule has 1 aliphatic heterocycles. The Hall–Kier alpha value is -0.610. The lowest BCUT2D eigenvalue weighted by molar-refractivity contribution is -0.139. The topological polar surface area (TPSA) is 52.6 Å². The molecule has 1 fully saturated rings. The Bertz CT molecular complexity index is 189. The van der Waals surface area contributed by atoms with E-state index < -0.39 is 5.97 Å². The van der Waals surface area contributed by atoms with Gasteiger partial charge in [0.2, 0.25) is 0 Å². The van der Waals surface area contributed by atoms with E-state index in [1.54, 1.807) is 0 Å². The van der Waals surface area contributed by atoms with Crippen molar-refractivity contribution in [1.29, 1.82) is 0 Å². The molecule has 0 aliphatic carbocycles. The average molecular weight is 200 g/mol. The molecule has 1 unspecified atom stereocenters. The molecule has 0 amide bonds. The molecule has 0 saturated carbocycles. The van der Waals surface area contributed by atoms with Crippen molar-refractivity contribution in [3.05, 3.63) is 0 Å². The van der Waals surface area contributed by atoms with Crippen LogP contribution < -0.4 is 5.32 Å². The Morgan fingerprint density at radius 1 is 1.43 bits per heavy atom. The number of carbonyl (C=O) groups is 1. The van der Waals surface area contributed by atoms with Gasteiger partial charge < -0.3 is 10.4 Å². The number of piperazine rings is 1. The number of hydrogen-bond donors (Lipinski definition) is 2. The van der Waals surface area contributed by atoms with Gasteiger partial charge in [0, 0.05) is 32.2 Å². The van der Waals surface area contributed by atoms with Crippen LogP contribution in [0.4, 0.5) is 0 Å². The van der Waals surface area contributed by atoms with Gasteiger partial charge in [0.1, 0.15) is 0 Å². The highest BCUT2D eigenvalue weighted by Gasteiger charge is 2.25. The van der Waals surface area contributed by atoms with Crippen molar-refractivity contribution in [2.24, 2.45) is 5.92 Å². The molecule has 0 spiro atoms. The predicted octanol–water partition coefficient (Wildman–Crippen LogP) is 0.391. The summed E-state index contributed by atoms with van der Waals surface area (Å²) >= 11 is 0. The van der Waals surface area contributed by atoms with Crippen molar-refractivity contribution < 1.29 is 9.90 Å². The van der Waals surface area contributed by atoms with Crippen LogP contribution in [0.25, 0.3) is 0 Å². The summed E-state index contributed by atoms with van der Waals surface area (Å²) in [5, 5.41) is 12.1. The second-order valence-electron chi connectivity index (χ2n) is 4.20. The molecular formula is C10H20N2O2. The predicted molar refractivity (Wildman–Crippen MR) is 55.3 cm³/mol. The summed E-state index contributed by atoms with van der Waals surface area (Å²) in [6.07, 6.45) is 0.262. The molecule has 1 saturated heterocycles. The van der Waals surface area contributed by atoms with E-state index in [1.165, 1.54) is 0 Å². The minimum Gasteiger partial charge on any atom is -0.481 e. The van der Waals surface area contributed by atoms with Crippen LogP contribution in [0.5, 0.6) is 0 Å². The zero-order valence-electron chi connectivity index (χ0n) is 8.99. The third-order valence-electron chi connectivity index (χ3n) is 2.77. The van der Waals surface area contributed by atoms with Crippen LogP contribution >= 0.6 is 0 Å². The molecule has 1 atom stereocenters. The number of nitrogens with zero attached hydrogens (tertiary/aromatic N) is 1. The highest BCUT2D eigenvalue weighted by Crippen LogP contribution is 2.15. The number of rotatable bonds is 4. The first-order chi connectivity index (χ1) is 6.61. The first-order valence-corrected chi connectivity index (χ1v) is 5.28. The van der Waals surface area contributed by atoms with Gasteiger partial charge >= 0.3 is 5.97 Å². The van der Waals surface area contributed by atoms with Crippen molar-refractivity contribution in [1.82, 2.24) is 10.2 Å². The van der Waals surface area contributed by atoms with Crippen LogP contribution in [0.2, 0.25) is 0 Å². The van der Waals surface area contributed by atoms with E-state index in [-0.39, 0.29) is 12.5 Å². The highest BCUT2D eigenvalue weighted by molar-refractivity contribution is 5.67. The number of aliphatic carboxylic acids is 1. The highest BCUT2D eigenvalue weighted by atomic mass is 16.4. The quantitative estimate of drug-likeness (QED) is 0.689. The molecule has 0 bridgehead atoms. The largest absolute Gasteiger partial charge is 0.481 e. The van der Waals surface area contributed by atoms with Gasteiger partial charge in [0.05, 0.1) is 6.42 Å². The maximum Gasteiger partial charge on any atom is 0.304 e. The molecular weight excluding hydrogens is 180 g/mol. The summed E-state index contributed by atoms with van der Waals surface area (Å²) in [5.74, 6) is -0.286. The lowest BCUT2D eigenvalue weighted by Crippen LogP contribution is -2.50. The van der Waals surface area contributed by atoms with Crippen LogP contribution in [0.3, 0.4) is 0 Å². The van der Waals surface area contributed by atoms with E-state index in [0.29, 0.717) is 5.92 Å². The van der Waals surface area contributed by atoms with Crippen LogP contribution in [0.15, 0.2) is 0 Å². The molecule has 14 heavy (non-hydrogen) atoms. The maximum absolute atomic E-state index is 10.7. The fraction of sp³-hybridized carbons (Fsp3) is 0.900. The first kappa shape index (κ1) is 11.5. The minimum atomic E-state index is -0.692. The maximum atomic E-state index is 10.7. The van der Waals surface area contributed by atoms with Gasteiger partial charge in [-0.15, -0.1) is 0 Å². The van der Waals surface area contributed by atoms with Crippen molar-refractivity contribution in [2.75, 3.05) is 26.2 Å². The van der Waals surface area contributed by atoms with Gasteiger partial charge in [-0.05, 0) is 5.92 Å². The molecule has 82 valence electrons. The zero-order chi connectivity index (χ0) is 10.6. The summed E-state index contributed by atoms with van der Waals surface area (Å²) in [6.45, 7) is 8.07. The molecule has 0 aromatic carbocycles. The second kappa shape index (κ2) is 5.32. The Kier molecular flexibility index (Phi) is 4.35. The molecule has 4 heteroatoms. The number of carboxylic acids is 1. The summed E-state index contributed by atoms with van der Waals surface area (Å²) < 4.78 is 0. The molecule has 2 N–H and O–H groups in total. The first-order valence-electron chi connectivity index (χ1n) is 5.28. The Morgan fingerprint density at radius 2 is 2.00 bits per heavy atom. The number of nitrogens with one attached hydrogen (secondary N) is 1. The Balaban J connectivity index is 2.51. The average Bonchev–Trinajstić information content (AvgIpc) is 2.15. The Labute approximate surface area is 85.3 Å². The van der Waals surface area contributed by atoms with Gasteiger partial charge in [-0.25, -0.2) is 0 Å². The van der Waals surface area contributed by atoms with E-state index in [2.05, 4.69) is 24.1 Å². The monoisotopic (exact) mass is 200 g/mol. The molecule has 1 aliphatic rings. The summed E-state index contributed by atoms with van der Waals surface area (Å²) in [5.41, 5.74) is 0. The minimum absolute atomic E-state index is 0.189. The normalized spacial score (nSPS) is 21.1. The van der Waals surface area contributed by atoms with Crippen LogP contribution in [0, 0.1) is 5.92 Å². The molecule has 4 nitrogen and oxygen atoms in total. The van der Waals surface area contributed by atoms with Crippen LogP contribution in [0.1, 0.15) is 20.3 Å². The SMILES string of the molecule is CC(C)C(CC(=O)O)N1CCNCC1. The van der Waals surface area contributed by atoms with Crippen molar-refractivity contribution >= 4 is 5.97 Å². The second-order valence-corrected chi connectivity index (χ2v) is 4.20. The zero-order valence-corrected chi connectivity index (χ0v) is 8.99. The Morgan fingerprint density at radius 3 is 2.43 bits per heavy atom. The van der Waals surface area contributed by atoms with E-state index >= 15 is 0 Å². The van der Waals surface area contributed by atoms with E-state index in [9.17, 15) is 4.79 Å². The van der Waals surface area contributed by atoms with Crippen molar-refractivity contribution in [2.45, 2.75) is 26.3 Å². The third-order valence-corrected chi connectivity index (χ3v) is 2.77. The molecule has 1 rings (SSSR count). The van der Waals surface area contributed by atoms with Gasteiger partial charge in [-0.3, -0.25) is 9.69 Å². The standard InChI is InChI=1S/C10H20N2O2/c1-8(2)9(7-10(13)14)12-5-3-11-4-6-12/h8-9,11H,3-7H2,1-2H3,(H,13,14). The van der Waals surface area contributed by atoms with E-state index in [1.807, 2.05) is 0 Å². The number of hydrogen-bond acceptors (Lipinski definition) is 3. The fourth-order valence-electron chi connectivity index (χ4n) is 1.98. The smallest absolute Gasteiger partial charge is 0.304 e. The molecule has 1 heterocycles. The number of carboxylic acid groups (broad SMARTS) is 1. The van der Waals surface area contributed by atoms with Gasteiger partial charge in [-0.2, -0.15) is 0 Å². The summed E-state index contributed by atoms with van der Waals surface area (Å²) in [6, 6.07) is 0.189. The fourth-order valence-corrected chi connectivity index (χ4v) is 1.98. The van der Waals surface area contributed by atoms with Crippen molar-refractivity contribution in [3.63, 3.8) is 0 Å². The van der Waals surface area contributed by atoms with Crippen LogP contribution in [-0.4, -0.2) is 48.2 Å². The van der Waals surface area contributed by atoms with E-state index in [0.717, 1.165) is 26.2 Å². The lowest BCUT2D eigenvalue weighted by atomic mass is 9.98. The molecule has 0 aromatic heterocycles. The van der Waals surface area contributed by atoms with Gasteiger partial charge in [0.15, 0.2) is 0 Å². The van der Waals surface area contributed by atoms with Gasteiger partial charge in [-0.1, -0.05) is 13.8 Å². The van der Waals surface area contributed by atoms with Gasteiger partial charge in [0.25, 0.3) is 0 Å².